The molecule has 1 N–H and O–H groups in total. The van der Waals surface area contributed by atoms with Crippen LogP contribution in [0.4, 0.5) is 14.5 Å². The summed E-state index contributed by atoms with van der Waals surface area (Å²) in [5.74, 6) is -0.695. The smallest absolute Gasteiger partial charge is 0.387 e. The number of aromatic nitrogens is 1. The number of hydrogen-bond donors (Lipinski definition) is 1. The van der Waals surface area contributed by atoms with Crippen molar-refractivity contribution in [3.8, 4) is 5.75 Å². The maximum atomic E-state index is 12.5. The van der Waals surface area contributed by atoms with Crippen LogP contribution in [0.1, 0.15) is 15.9 Å². The number of amides is 1. The van der Waals surface area contributed by atoms with Gasteiger partial charge in [-0.2, -0.15) is 8.78 Å². The molecule has 0 aliphatic carbocycles. The van der Waals surface area contributed by atoms with E-state index in [0.717, 1.165) is 16.5 Å². The molecule has 0 unspecified atom stereocenters. The first-order chi connectivity index (χ1) is 11.6. The SMILES string of the molecule is Cc1ccc(NC(=O)c2ccccc2OC(F)F)c2cccnc12. The van der Waals surface area contributed by atoms with Crippen molar-refractivity contribution in [1.82, 2.24) is 4.98 Å². The zero-order valence-corrected chi connectivity index (χ0v) is 12.8. The van der Waals surface area contributed by atoms with Gasteiger partial charge in [0, 0.05) is 11.6 Å². The Kier molecular flexibility index (Phi) is 4.37. The van der Waals surface area contributed by atoms with Gasteiger partial charge < -0.3 is 10.1 Å². The molecule has 6 heteroatoms. The van der Waals surface area contributed by atoms with E-state index in [1.807, 2.05) is 19.1 Å². The lowest BCUT2D eigenvalue weighted by Gasteiger charge is -2.12. The Bertz CT molecular complexity index is 897. The Morgan fingerprint density at radius 1 is 1.12 bits per heavy atom. The second-order valence-electron chi connectivity index (χ2n) is 5.16. The fraction of sp³-hybridized carbons (Fsp3) is 0.111. The highest BCUT2D eigenvalue weighted by Gasteiger charge is 2.16. The molecule has 3 aromatic rings. The molecule has 0 spiro atoms. The Labute approximate surface area is 137 Å². The number of pyridine rings is 1. The number of fused-ring (bicyclic) bond motifs is 1. The van der Waals surface area contributed by atoms with E-state index in [1.54, 1.807) is 24.4 Å². The van der Waals surface area contributed by atoms with E-state index in [0.29, 0.717) is 5.69 Å². The number of aryl methyl sites for hydroxylation is 1. The molecule has 0 aliphatic rings. The van der Waals surface area contributed by atoms with Crippen LogP contribution in [-0.4, -0.2) is 17.5 Å². The number of carbonyl (C=O) groups excluding carboxylic acids is 1. The fourth-order valence-corrected chi connectivity index (χ4v) is 2.47. The van der Waals surface area contributed by atoms with Gasteiger partial charge in [0.2, 0.25) is 0 Å². The standard InChI is InChI=1S/C18H14F2N2O2/c1-11-8-9-14(12-6-4-10-21-16(11)12)22-17(23)13-5-2-3-7-15(13)24-18(19)20/h2-10,18H,1H3,(H,22,23). The van der Waals surface area contributed by atoms with Gasteiger partial charge in [0.1, 0.15) is 5.75 Å². The predicted octanol–water partition coefficient (Wildman–Crippen LogP) is 4.40. The predicted molar refractivity (Wildman–Crippen MR) is 87.5 cm³/mol. The lowest BCUT2D eigenvalue weighted by molar-refractivity contribution is -0.0501. The van der Waals surface area contributed by atoms with E-state index in [4.69, 9.17) is 0 Å². The molecule has 24 heavy (non-hydrogen) atoms. The Morgan fingerprint density at radius 2 is 1.92 bits per heavy atom. The zero-order chi connectivity index (χ0) is 17.1. The molecule has 1 heterocycles. The monoisotopic (exact) mass is 328 g/mol. The van der Waals surface area contributed by atoms with Crippen LogP contribution in [0.5, 0.6) is 5.75 Å². The van der Waals surface area contributed by atoms with E-state index < -0.39 is 12.5 Å². The molecular formula is C18H14F2N2O2. The van der Waals surface area contributed by atoms with Crippen molar-refractivity contribution in [1.29, 1.82) is 0 Å². The highest BCUT2D eigenvalue weighted by molar-refractivity contribution is 6.10. The van der Waals surface area contributed by atoms with Crippen LogP contribution < -0.4 is 10.1 Å². The van der Waals surface area contributed by atoms with Crippen LogP contribution in [0.3, 0.4) is 0 Å². The van der Waals surface area contributed by atoms with Gasteiger partial charge in [-0.25, -0.2) is 0 Å². The molecule has 1 aromatic heterocycles. The van der Waals surface area contributed by atoms with Gasteiger partial charge in [-0.1, -0.05) is 18.2 Å². The van der Waals surface area contributed by atoms with E-state index >= 15 is 0 Å². The average molecular weight is 328 g/mol. The number of ether oxygens (including phenoxy) is 1. The average Bonchev–Trinajstić information content (AvgIpc) is 2.57. The number of para-hydroxylation sites is 1. The molecule has 122 valence electrons. The van der Waals surface area contributed by atoms with E-state index in [1.165, 1.54) is 18.2 Å². The summed E-state index contributed by atoms with van der Waals surface area (Å²) >= 11 is 0. The zero-order valence-electron chi connectivity index (χ0n) is 12.8. The fourth-order valence-electron chi connectivity index (χ4n) is 2.47. The number of hydrogen-bond acceptors (Lipinski definition) is 3. The molecule has 0 saturated heterocycles. The first kappa shape index (κ1) is 15.9. The van der Waals surface area contributed by atoms with Crippen molar-refractivity contribution in [2.24, 2.45) is 0 Å². The summed E-state index contributed by atoms with van der Waals surface area (Å²) in [6.45, 7) is -1.07. The largest absolute Gasteiger partial charge is 0.434 e. The van der Waals surface area contributed by atoms with Gasteiger partial charge in [-0.05, 0) is 42.8 Å². The van der Waals surface area contributed by atoms with Crippen molar-refractivity contribution in [3.63, 3.8) is 0 Å². The highest BCUT2D eigenvalue weighted by Crippen LogP contribution is 2.27. The van der Waals surface area contributed by atoms with Crippen LogP contribution in [0, 0.1) is 6.92 Å². The molecule has 4 nitrogen and oxygen atoms in total. The maximum absolute atomic E-state index is 12.5. The summed E-state index contributed by atoms with van der Waals surface area (Å²) in [4.78, 5) is 16.8. The summed E-state index contributed by atoms with van der Waals surface area (Å²) < 4.78 is 29.4. The van der Waals surface area contributed by atoms with E-state index in [-0.39, 0.29) is 11.3 Å². The van der Waals surface area contributed by atoms with Gasteiger partial charge >= 0.3 is 6.61 Å². The van der Waals surface area contributed by atoms with E-state index in [9.17, 15) is 13.6 Å². The van der Waals surface area contributed by atoms with Crippen molar-refractivity contribution in [3.05, 3.63) is 65.9 Å². The van der Waals surface area contributed by atoms with Crippen LogP contribution in [0.2, 0.25) is 0 Å². The topological polar surface area (TPSA) is 51.2 Å². The molecule has 0 radical (unpaired) electrons. The molecule has 3 rings (SSSR count). The number of benzene rings is 2. The molecule has 0 aliphatic heterocycles. The minimum Gasteiger partial charge on any atom is -0.434 e. The number of anilines is 1. The van der Waals surface area contributed by atoms with Gasteiger partial charge in [-0.3, -0.25) is 9.78 Å². The molecule has 0 atom stereocenters. The molecule has 1 amide bonds. The van der Waals surface area contributed by atoms with Gasteiger partial charge in [-0.15, -0.1) is 0 Å². The summed E-state index contributed by atoms with van der Waals surface area (Å²) in [6, 6.07) is 13.1. The third-order valence-electron chi connectivity index (χ3n) is 3.57. The summed E-state index contributed by atoms with van der Waals surface area (Å²) in [6.07, 6.45) is 1.67. The number of rotatable bonds is 4. The molecule has 0 saturated carbocycles. The lowest BCUT2D eigenvalue weighted by Crippen LogP contribution is -2.15. The lowest BCUT2D eigenvalue weighted by atomic mass is 10.1. The minimum atomic E-state index is -3.00. The van der Waals surface area contributed by atoms with Crippen molar-refractivity contribution in [2.75, 3.05) is 5.32 Å². The maximum Gasteiger partial charge on any atom is 0.387 e. The van der Waals surface area contributed by atoms with Crippen LogP contribution in [-0.2, 0) is 0 Å². The number of alkyl halides is 2. The van der Waals surface area contributed by atoms with Crippen LogP contribution >= 0.6 is 0 Å². The van der Waals surface area contributed by atoms with Gasteiger partial charge in [0.25, 0.3) is 5.91 Å². The molecule has 0 bridgehead atoms. The van der Waals surface area contributed by atoms with Crippen LogP contribution in [0.25, 0.3) is 10.9 Å². The second-order valence-corrected chi connectivity index (χ2v) is 5.16. The Hall–Kier alpha value is -3.02. The normalized spacial score (nSPS) is 10.8. The minimum absolute atomic E-state index is 0.0374. The first-order valence-corrected chi connectivity index (χ1v) is 7.26. The van der Waals surface area contributed by atoms with E-state index in [2.05, 4.69) is 15.0 Å². The van der Waals surface area contributed by atoms with Crippen molar-refractivity contribution < 1.29 is 18.3 Å². The van der Waals surface area contributed by atoms with Crippen molar-refractivity contribution in [2.45, 2.75) is 13.5 Å². The van der Waals surface area contributed by atoms with Crippen LogP contribution in [0.15, 0.2) is 54.7 Å². The number of halogens is 2. The molecule has 2 aromatic carbocycles. The number of carbonyl (C=O) groups is 1. The molecular weight excluding hydrogens is 314 g/mol. The Balaban J connectivity index is 1.96. The number of nitrogens with one attached hydrogen (secondary N) is 1. The second kappa shape index (κ2) is 6.62. The summed E-state index contributed by atoms with van der Waals surface area (Å²) in [5.41, 5.74) is 2.34. The third kappa shape index (κ3) is 3.17. The van der Waals surface area contributed by atoms with Crippen molar-refractivity contribution >= 4 is 22.5 Å². The first-order valence-electron chi connectivity index (χ1n) is 7.26. The highest BCUT2D eigenvalue weighted by atomic mass is 19.3. The molecule has 0 fully saturated rings. The number of nitrogens with zero attached hydrogens (tertiary/aromatic N) is 1. The summed E-state index contributed by atoms with van der Waals surface area (Å²) in [7, 11) is 0. The Morgan fingerprint density at radius 3 is 2.71 bits per heavy atom. The summed E-state index contributed by atoms with van der Waals surface area (Å²) in [5, 5.41) is 3.51. The quantitative estimate of drug-likeness (QED) is 0.772. The van der Waals surface area contributed by atoms with Gasteiger partial charge in [0.15, 0.2) is 0 Å². The van der Waals surface area contributed by atoms with Gasteiger partial charge in [0.05, 0.1) is 16.8 Å². The third-order valence-corrected chi connectivity index (χ3v) is 3.57.